The molecule has 7 nitrogen and oxygen atoms in total. The van der Waals surface area contributed by atoms with Gasteiger partial charge in [-0.25, -0.2) is 4.39 Å². The monoisotopic (exact) mass is 446 g/mol. The normalized spacial score (nSPS) is 15.9. The Hall–Kier alpha value is -4.07. The third-order valence-electron chi connectivity index (χ3n) is 5.67. The van der Waals surface area contributed by atoms with Crippen LogP contribution in [0.25, 0.3) is 5.69 Å². The summed E-state index contributed by atoms with van der Waals surface area (Å²) in [6.07, 6.45) is 3.20. The predicted octanol–water partition coefficient (Wildman–Crippen LogP) is 3.46. The number of benzene rings is 2. The van der Waals surface area contributed by atoms with E-state index in [0.29, 0.717) is 22.5 Å². The molecule has 1 atom stereocenters. The maximum absolute atomic E-state index is 13.4. The van der Waals surface area contributed by atoms with Crippen molar-refractivity contribution in [1.29, 1.82) is 0 Å². The minimum atomic E-state index is -0.501. The van der Waals surface area contributed by atoms with Crippen molar-refractivity contribution in [2.45, 2.75) is 26.2 Å². The van der Waals surface area contributed by atoms with Crippen molar-refractivity contribution in [2.24, 2.45) is 0 Å². The second-order valence-corrected chi connectivity index (χ2v) is 8.13. The number of halogens is 1. The van der Waals surface area contributed by atoms with Gasteiger partial charge < -0.3 is 10.2 Å². The highest BCUT2D eigenvalue weighted by molar-refractivity contribution is 6.06. The fourth-order valence-electron chi connectivity index (χ4n) is 3.77. The molecule has 0 fully saturated rings. The smallest absolute Gasteiger partial charge is 0.271 e. The number of nitrogens with one attached hydrogen (secondary N) is 1. The first-order chi connectivity index (χ1) is 15.7. The minimum Gasteiger partial charge on any atom is -0.322 e. The van der Waals surface area contributed by atoms with Crippen molar-refractivity contribution in [3.8, 4) is 5.69 Å². The van der Waals surface area contributed by atoms with Gasteiger partial charge in [-0.2, -0.15) is 9.78 Å². The van der Waals surface area contributed by atoms with Gasteiger partial charge >= 0.3 is 0 Å². The zero-order chi connectivity index (χ0) is 23.7. The van der Waals surface area contributed by atoms with Crippen molar-refractivity contribution < 1.29 is 14.0 Å². The molecule has 3 aromatic rings. The molecular weight excluding hydrogens is 423 g/mol. The highest BCUT2D eigenvalue weighted by atomic mass is 19.1. The van der Waals surface area contributed by atoms with Gasteiger partial charge in [-0.15, -0.1) is 0 Å². The van der Waals surface area contributed by atoms with Gasteiger partial charge in [0.2, 0.25) is 5.91 Å². The Morgan fingerprint density at radius 1 is 1.09 bits per heavy atom. The van der Waals surface area contributed by atoms with Gasteiger partial charge in [0.1, 0.15) is 5.82 Å². The summed E-state index contributed by atoms with van der Waals surface area (Å²) in [6, 6.07) is 12.5. The van der Waals surface area contributed by atoms with Crippen LogP contribution in [0.3, 0.4) is 0 Å². The fraction of sp³-hybridized carbons (Fsp3) is 0.200. The molecule has 0 spiro atoms. The van der Waals surface area contributed by atoms with Gasteiger partial charge in [0.05, 0.1) is 11.9 Å². The van der Waals surface area contributed by atoms with Gasteiger partial charge in [0.15, 0.2) is 0 Å². The lowest BCUT2D eigenvalue weighted by atomic mass is 9.85. The first-order valence-electron chi connectivity index (χ1n) is 10.4. The number of anilines is 1. The van der Waals surface area contributed by atoms with E-state index in [1.807, 2.05) is 6.92 Å². The van der Waals surface area contributed by atoms with Crippen molar-refractivity contribution in [3.05, 3.63) is 99.4 Å². The molecule has 2 amide bonds. The summed E-state index contributed by atoms with van der Waals surface area (Å²) < 4.78 is 14.7. The first kappa shape index (κ1) is 22.1. The Kier molecular flexibility index (Phi) is 5.91. The number of aryl methyl sites for hydroxylation is 2. The summed E-state index contributed by atoms with van der Waals surface area (Å²) in [6.45, 7) is 3.63. The van der Waals surface area contributed by atoms with Crippen molar-refractivity contribution in [2.75, 3.05) is 12.4 Å². The molecule has 1 aliphatic heterocycles. The van der Waals surface area contributed by atoms with Crippen LogP contribution >= 0.6 is 0 Å². The van der Waals surface area contributed by atoms with E-state index in [-0.39, 0.29) is 29.6 Å². The molecule has 1 aliphatic rings. The van der Waals surface area contributed by atoms with Gasteiger partial charge in [0, 0.05) is 42.9 Å². The van der Waals surface area contributed by atoms with E-state index >= 15 is 0 Å². The quantitative estimate of drug-likeness (QED) is 0.665. The lowest BCUT2D eigenvalue weighted by Gasteiger charge is -2.28. The Morgan fingerprint density at radius 3 is 2.52 bits per heavy atom. The lowest BCUT2D eigenvalue weighted by molar-refractivity contribution is -0.128. The van der Waals surface area contributed by atoms with E-state index in [1.54, 1.807) is 50.5 Å². The average molecular weight is 446 g/mol. The van der Waals surface area contributed by atoms with Gasteiger partial charge in [-0.1, -0.05) is 18.2 Å². The summed E-state index contributed by atoms with van der Waals surface area (Å²) in [7, 11) is 1.60. The second-order valence-electron chi connectivity index (χ2n) is 8.13. The number of nitrogens with zero attached hydrogens (tertiary/aromatic N) is 3. The number of hydrogen-bond acceptors (Lipinski definition) is 4. The molecule has 0 radical (unpaired) electrons. The fourth-order valence-corrected chi connectivity index (χ4v) is 3.77. The predicted molar refractivity (Wildman–Crippen MR) is 123 cm³/mol. The molecule has 4 rings (SSSR count). The molecule has 2 heterocycles. The topological polar surface area (TPSA) is 84.3 Å². The maximum atomic E-state index is 13.4. The largest absolute Gasteiger partial charge is 0.322 e. The summed E-state index contributed by atoms with van der Waals surface area (Å²) in [4.78, 5) is 39.3. The Bertz CT molecular complexity index is 1330. The van der Waals surface area contributed by atoms with Crippen LogP contribution in [0, 0.1) is 19.7 Å². The number of carbonyl (C=O) groups is 2. The maximum Gasteiger partial charge on any atom is 0.271 e. The molecule has 2 aromatic carbocycles. The Morgan fingerprint density at radius 2 is 1.82 bits per heavy atom. The molecule has 0 saturated carbocycles. The van der Waals surface area contributed by atoms with Crippen molar-refractivity contribution >= 4 is 17.5 Å². The summed E-state index contributed by atoms with van der Waals surface area (Å²) in [5.74, 6) is -1.41. The van der Waals surface area contributed by atoms with E-state index < -0.39 is 5.92 Å². The summed E-state index contributed by atoms with van der Waals surface area (Å²) >= 11 is 0. The minimum absolute atomic E-state index is 0.100. The highest BCUT2D eigenvalue weighted by Crippen LogP contribution is 2.33. The molecule has 8 heteroatoms. The van der Waals surface area contributed by atoms with Crippen LogP contribution in [-0.4, -0.2) is 33.5 Å². The number of amides is 2. The molecule has 0 unspecified atom stereocenters. The van der Waals surface area contributed by atoms with E-state index in [4.69, 9.17) is 0 Å². The van der Waals surface area contributed by atoms with Crippen LogP contribution in [0.1, 0.15) is 29.0 Å². The molecule has 1 N–H and O–H groups in total. The second kappa shape index (κ2) is 8.82. The zero-order valence-corrected chi connectivity index (χ0v) is 18.5. The number of rotatable bonds is 4. The third kappa shape index (κ3) is 4.59. The van der Waals surface area contributed by atoms with E-state index in [0.717, 1.165) is 11.1 Å². The molecule has 33 heavy (non-hydrogen) atoms. The third-order valence-corrected chi connectivity index (χ3v) is 5.67. The zero-order valence-electron chi connectivity index (χ0n) is 18.5. The molecule has 1 aromatic heterocycles. The first-order valence-corrected chi connectivity index (χ1v) is 10.4. The number of carbonyl (C=O) groups excluding carboxylic acids is 2. The van der Waals surface area contributed by atoms with Crippen LogP contribution in [0.4, 0.5) is 10.1 Å². The van der Waals surface area contributed by atoms with Crippen molar-refractivity contribution in [1.82, 2.24) is 14.7 Å². The molecule has 0 aliphatic carbocycles. The van der Waals surface area contributed by atoms with Crippen LogP contribution < -0.4 is 10.9 Å². The van der Waals surface area contributed by atoms with E-state index in [2.05, 4.69) is 10.4 Å². The molecule has 168 valence electrons. The lowest BCUT2D eigenvalue weighted by Crippen LogP contribution is -2.33. The van der Waals surface area contributed by atoms with Gasteiger partial charge in [-0.3, -0.25) is 14.4 Å². The Labute approximate surface area is 190 Å². The van der Waals surface area contributed by atoms with Crippen LogP contribution in [-0.2, 0) is 9.59 Å². The van der Waals surface area contributed by atoms with Crippen LogP contribution in [0.2, 0.25) is 0 Å². The number of hydrogen-bond donors (Lipinski definition) is 1. The Balaban J connectivity index is 1.67. The van der Waals surface area contributed by atoms with Gasteiger partial charge in [-0.05, 0) is 54.8 Å². The molecular formula is C25H23FN4O3. The van der Waals surface area contributed by atoms with E-state index in [9.17, 15) is 18.8 Å². The van der Waals surface area contributed by atoms with E-state index in [1.165, 1.54) is 34.0 Å². The SMILES string of the molecule is Cc1cnn(-c2ccc(C)c(NC(=O)C3=CN(C)C(=O)C[C@H]3c3ccc(F)cc3)c2)c(=O)c1. The standard InChI is InChI=1S/C25H23FN4O3/c1-15-10-24(32)30(27-13-15)19-9-4-16(2)22(11-19)28-25(33)21-14-29(3)23(31)12-20(21)17-5-7-18(26)8-6-17/h4-11,13-14,20H,12H2,1-3H3,(H,28,33)/t20-/m0/s1. The van der Waals surface area contributed by atoms with Crippen LogP contribution in [0.5, 0.6) is 0 Å². The van der Waals surface area contributed by atoms with Crippen LogP contribution in [0.15, 0.2) is 71.3 Å². The number of aromatic nitrogens is 2. The summed E-state index contributed by atoms with van der Waals surface area (Å²) in [5, 5.41) is 7.08. The average Bonchev–Trinajstić information content (AvgIpc) is 2.77. The van der Waals surface area contributed by atoms with Gasteiger partial charge in [0.25, 0.3) is 11.5 Å². The molecule has 0 saturated heterocycles. The molecule has 0 bridgehead atoms. The summed E-state index contributed by atoms with van der Waals surface area (Å²) in [5.41, 5.74) is 3.38. The highest BCUT2D eigenvalue weighted by Gasteiger charge is 2.31. The van der Waals surface area contributed by atoms with Crippen molar-refractivity contribution in [3.63, 3.8) is 0 Å².